The topological polar surface area (TPSA) is 280 Å². The zero-order chi connectivity index (χ0) is 25.8. The first-order chi connectivity index (χ1) is 15.7. The third-order valence-electron chi connectivity index (χ3n) is 4.64. The van der Waals surface area contributed by atoms with E-state index in [9.17, 15) is 44.1 Å². The lowest BCUT2D eigenvalue weighted by molar-refractivity contribution is -0.238. The molecule has 0 spiro atoms. The second-order valence-corrected chi connectivity index (χ2v) is 10.2. The van der Waals surface area contributed by atoms with Crippen LogP contribution in [0.5, 0.6) is 0 Å². The van der Waals surface area contributed by atoms with Crippen molar-refractivity contribution < 1.29 is 67.0 Å². The van der Waals surface area contributed by atoms with Crippen LogP contribution in [0.1, 0.15) is 6.92 Å². The predicted molar refractivity (Wildman–Crippen MR) is 106 cm³/mol. The average Bonchev–Trinajstić information content (AvgIpc) is 2.96. The van der Waals surface area contributed by atoms with Gasteiger partial charge in [0.15, 0.2) is 6.29 Å². The Kier molecular flexibility index (Phi) is 10.0. The summed E-state index contributed by atoms with van der Waals surface area (Å²) in [6, 6.07) is -2.98. The van der Waals surface area contributed by atoms with E-state index in [-0.39, 0.29) is 0 Å². The van der Waals surface area contributed by atoms with Crippen LogP contribution in [-0.2, 0) is 36.8 Å². The molecular weight excluding hydrogens is 509 g/mol. The van der Waals surface area contributed by atoms with Crippen LogP contribution in [0.3, 0.4) is 0 Å². The van der Waals surface area contributed by atoms with Crippen molar-refractivity contribution in [3.8, 4) is 0 Å². The van der Waals surface area contributed by atoms with Gasteiger partial charge in [0.25, 0.3) is 0 Å². The number of nitrogens with zero attached hydrogens (tertiary/aromatic N) is 3. The molecule has 2 aliphatic rings. The van der Waals surface area contributed by atoms with Crippen LogP contribution in [0.15, 0.2) is 5.11 Å². The molecule has 7 N–H and O–H groups in total. The molecule has 2 heterocycles. The van der Waals surface area contributed by atoms with E-state index in [0.717, 1.165) is 6.92 Å². The number of amides is 1. The zero-order valence-corrected chi connectivity index (χ0v) is 19.2. The minimum atomic E-state index is -5.55. The number of ether oxygens (including phenoxy) is 2. The largest absolute Gasteiger partial charge is 0.483 e. The van der Waals surface area contributed by atoms with E-state index in [0.29, 0.717) is 0 Å². The molecule has 192 valence electrons. The van der Waals surface area contributed by atoms with Crippen molar-refractivity contribution >= 4 is 29.4 Å². The van der Waals surface area contributed by atoms with Crippen molar-refractivity contribution in [1.29, 1.82) is 0 Å². The normalized spacial score (nSPS) is 39.4. The van der Waals surface area contributed by atoms with Gasteiger partial charge in [-0.3, -0.25) is 13.8 Å². The Labute approximate surface area is 193 Å². The number of hydrogen-bond donors (Lipinski definition) is 7. The Morgan fingerprint density at radius 2 is 1.71 bits per heavy atom. The molecule has 34 heavy (non-hydrogen) atoms. The molecule has 0 aromatic carbocycles. The Morgan fingerprint density at radius 3 is 2.24 bits per heavy atom. The van der Waals surface area contributed by atoms with E-state index < -0.39 is 89.7 Å². The van der Waals surface area contributed by atoms with Crippen molar-refractivity contribution in [2.24, 2.45) is 5.11 Å². The summed E-state index contributed by atoms with van der Waals surface area (Å²) >= 11 is 0. The molecule has 0 saturated carbocycles. The minimum absolute atomic E-state index is 0.558. The number of phosphoric acid groups is 2. The van der Waals surface area contributed by atoms with Gasteiger partial charge in [0.05, 0.1) is 25.4 Å². The standard InChI is InChI=1S/C13H23BN4O14P2/c1-4(19)17-7-10(22)8(20)5(2-16-18-15)30-13(7)31-34(26,27)32-33(24,25)28-3-6-9(21)11(23)12(14)29-6/h5-13,20-23H,2-3H2,1H3,(H,17,19)(H,24,25)(H,26,27)/t5?,6-,7?,8?,9+,10?,11?,12-,13?/m1/s1. The fourth-order valence-corrected chi connectivity index (χ4v) is 5.23. The van der Waals surface area contributed by atoms with E-state index in [1.54, 1.807) is 0 Å². The van der Waals surface area contributed by atoms with Crippen molar-refractivity contribution in [2.75, 3.05) is 13.2 Å². The van der Waals surface area contributed by atoms with Crippen LogP contribution in [0, 0.1) is 0 Å². The van der Waals surface area contributed by atoms with Crippen LogP contribution < -0.4 is 5.32 Å². The van der Waals surface area contributed by atoms with Crippen molar-refractivity contribution in [3.05, 3.63) is 10.4 Å². The molecule has 0 aliphatic carbocycles. The van der Waals surface area contributed by atoms with Gasteiger partial charge in [-0.25, -0.2) is 9.13 Å². The lowest BCUT2D eigenvalue weighted by Crippen LogP contribution is -2.64. The molecule has 0 aromatic rings. The molecular formula is C13H23BN4O14P2. The molecule has 2 rings (SSSR count). The smallest absolute Gasteiger partial charge is 0.388 e. The number of carbonyl (C=O) groups excluding carboxylic acids is 1. The number of phosphoric ester groups is 2. The van der Waals surface area contributed by atoms with Crippen LogP contribution in [0.4, 0.5) is 0 Å². The van der Waals surface area contributed by atoms with Crippen molar-refractivity contribution in [2.45, 2.75) is 61.9 Å². The average molecular weight is 532 g/mol. The van der Waals surface area contributed by atoms with Gasteiger partial charge in [-0.2, -0.15) is 4.31 Å². The summed E-state index contributed by atoms with van der Waals surface area (Å²) in [4.78, 5) is 33.6. The highest BCUT2D eigenvalue weighted by molar-refractivity contribution is 7.61. The maximum absolute atomic E-state index is 12.3. The Balaban J connectivity index is 2.09. The van der Waals surface area contributed by atoms with E-state index in [2.05, 4.69) is 28.7 Å². The molecule has 0 bridgehead atoms. The molecule has 11 atom stereocenters. The summed E-state index contributed by atoms with van der Waals surface area (Å²) in [5, 5.41) is 44.8. The monoisotopic (exact) mass is 532 g/mol. The summed E-state index contributed by atoms with van der Waals surface area (Å²) in [5.41, 5.74) is 8.42. The van der Waals surface area contributed by atoms with Gasteiger partial charge in [-0.05, 0) is 5.53 Å². The molecule has 18 nitrogen and oxygen atoms in total. The fourth-order valence-electron chi connectivity index (χ4n) is 3.06. The predicted octanol–water partition coefficient (Wildman–Crippen LogP) is -2.89. The third kappa shape index (κ3) is 7.68. The number of azide groups is 1. The number of hydrogen-bond acceptors (Lipinski definition) is 13. The van der Waals surface area contributed by atoms with Gasteiger partial charge in [0.1, 0.15) is 38.3 Å². The van der Waals surface area contributed by atoms with Crippen molar-refractivity contribution in [1.82, 2.24) is 5.32 Å². The van der Waals surface area contributed by atoms with Gasteiger partial charge >= 0.3 is 15.6 Å². The van der Waals surface area contributed by atoms with Crippen LogP contribution in [0.2, 0.25) is 0 Å². The van der Waals surface area contributed by atoms with Crippen LogP contribution in [-0.4, -0.2) is 112 Å². The molecule has 2 saturated heterocycles. The van der Waals surface area contributed by atoms with E-state index in [4.69, 9.17) is 22.9 Å². The second-order valence-electron chi connectivity index (χ2n) is 7.20. The lowest BCUT2D eigenvalue weighted by atomic mass is 9.93. The minimum Gasteiger partial charge on any atom is -0.388 e. The van der Waals surface area contributed by atoms with E-state index in [1.807, 2.05) is 0 Å². The maximum atomic E-state index is 12.3. The molecule has 2 aliphatic heterocycles. The molecule has 21 heteroatoms. The lowest BCUT2D eigenvalue weighted by Gasteiger charge is -2.42. The van der Waals surface area contributed by atoms with Gasteiger partial charge in [-0.15, -0.1) is 0 Å². The van der Waals surface area contributed by atoms with Gasteiger partial charge in [0, 0.05) is 17.8 Å². The first-order valence-corrected chi connectivity index (χ1v) is 12.4. The van der Waals surface area contributed by atoms with E-state index in [1.165, 1.54) is 0 Å². The zero-order valence-electron chi connectivity index (χ0n) is 17.4. The van der Waals surface area contributed by atoms with Gasteiger partial charge < -0.3 is 45.0 Å². The second kappa shape index (κ2) is 11.7. The third-order valence-corrected chi connectivity index (χ3v) is 7.24. The summed E-state index contributed by atoms with van der Waals surface area (Å²) in [7, 11) is -5.58. The van der Waals surface area contributed by atoms with E-state index >= 15 is 0 Å². The molecule has 8 unspecified atom stereocenters. The summed E-state index contributed by atoms with van der Waals surface area (Å²) < 4.78 is 47.8. The van der Waals surface area contributed by atoms with Crippen LogP contribution in [0.25, 0.3) is 10.4 Å². The first kappa shape index (κ1) is 29.1. The molecule has 2 fully saturated rings. The fraction of sp³-hybridized carbons (Fsp3) is 0.923. The summed E-state index contributed by atoms with van der Waals surface area (Å²) in [6.45, 7) is -0.445. The highest BCUT2D eigenvalue weighted by Gasteiger charge is 2.49. The Bertz CT molecular complexity index is 879. The molecule has 1 amide bonds. The highest BCUT2D eigenvalue weighted by atomic mass is 31.3. The summed E-state index contributed by atoms with van der Waals surface area (Å²) in [5.74, 6) is -0.776. The Morgan fingerprint density at radius 1 is 1.09 bits per heavy atom. The number of aliphatic hydroxyl groups excluding tert-OH is 4. The molecule has 0 aromatic heterocycles. The number of aliphatic hydroxyl groups is 4. The maximum Gasteiger partial charge on any atom is 0.483 e. The SMILES string of the molecule is [B][C@@H]1O[C@H](COP(=O)(O)OP(=O)(O)OC2OC(CN=[N+]=[N-])C(O)C(O)C2NC(C)=O)[C@H](O)C1O. The van der Waals surface area contributed by atoms with Crippen molar-refractivity contribution in [3.63, 3.8) is 0 Å². The molecule has 2 radical (unpaired) electrons. The Hall–Kier alpha value is -1.14. The van der Waals surface area contributed by atoms with Gasteiger partial charge in [-0.1, -0.05) is 5.11 Å². The van der Waals surface area contributed by atoms with Gasteiger partial charge in [0.2, 0.25) is 5.91 Å². The highest BCUT2D eigenvalue weighted by Crippen LogP contribution is 2.61. The first-order valence-electron chi connectivity index (χ1n) is 9.44. The number of carbonyl (C=O) groups is 1. The number of nitrogens with one attached hydrogen (secondary N) is 1. The summed E-state index contributed by atoms with van der Waals surface area (Å²) in [6.07, 6.45) is -11.6. The quantitative estimate of drug-likeness (QED) is 0.0489. The number of rotatable bonds is 10. The van der Waals surface area contributed by atoms with Crippen LogP contribution >= 0.6 is 15.6 Å².